The third kappa shape index (κ3) is 3.15. The van der Waals surface area contributed by atoms with E-state index >= 15 is 0 Å². The Hall–Kier alpha value is -1.07. The first kappa shape index (κ1) is 15.3. The quantitative estimate of drug-likeness (QED) is 0.808. The van der Waals surface area contributed by atoms with Crippen molar-refractivity contribution in [3.8, 4) is 0 Å². The van der Waals surface area contributed by atoms with Crippen molar-refractivity contribution >= 4 is 23.3 Å². The van der Waals surface area contributed by atoms with Crippen LogP contribution < -0.4 is 5.32 Å². The van der Waals surface area contributed by atoms with Crippen molar-refractivity contribution in [1.29, 1.82) is 0 Å². The molecule has 1 aliphatic heterocycles. The van der Waals surface area contributed by atoms with Gasteiger partial charge in [-0.05, 0) is 29.5 Å². The lowest BCUT2D eigenvalue weighted by molar-refractivity contribution is 0.141. The number of nitrogens with zero attached hydrogens (tertiary/aromatic N) is 1. The number of piperazine rings is 1. The number of hydrogen-bond donors (Lipinski definition) is 3. The molecule has 0 spiro atoms. The highest BCUT2D eigenvalue weighted by Gasteiger charge is 2.21. The SMILES string of the molecule is Cl.OCC[C@@H](c1ccc2cc[nH]c2c1)N1CCNCC1. The second-order valence-electron chi connectivity index (χ2n) is 5.14. The summed E-state index contributed by atoms with van der Waals surface area (Å²) in [7, 11) is 0. The van der Waals surface area contributed by atoms with Crippen molar-refractivity contribution in [2.45, 2.75) is 12.5 Å². The smallest absolute Gasteiger partial charge is 0.0457 e. The first-order chi connectivity index (χ1) is 9.38. The van der Waals surface area contributed by atoms with Gasteiger partial charge in [0.05, 0.1) is 0 Å². The molecule has 1 aliphatic rings. The standard InChI is InChI=1S/C15H21N3O.ClH/c19-10-4-15(18-8-6-16-7-9-18)13-2-1-12-3-5-17-14(12)11-13;/h1-3,5,11,15-17,19H,4,6-10H2;1H/t15-;/m0./s1. The highest BCUT2D eigenvalue weighted by atomic mass is 35.5. The van der Waals surface area contributed by atoms with Crippen LogP contribution in [-0.4, -0.2) is 47.8 Å². The van der Waals surface area contributed by atoms with E-state index in [4.69, 9.17) is 0 Å². The molecular formula is C15H22ClN3O. The lowest BCUT2D eigenvalue weighted by Crippen LogP contribution is -2.45. The van der Waals surface area contributed by atoms with Gasteiger partial charge in [-0.2, -0.15) is 0 Å². The highest BCUT2D eigenvalue weighted by Crippen LogP contribution is 2.27. The molecule has 2 heterocycles. The van der Waals surface area contributed by atoms with Gasteiger partial charge in [-0.3, -0.25) is 4.90 Å². The molecule has 20 heavy (non-hydrogen) atoms. The first-order valence-corrected chi connectivity index (χ1v) is 7.01. The minimum Gasteiger partial charge on any atom is -0.396 e. The van der Waals surface area contributed by atoms with Gasteiger partial charge in [0.15, 0.2) is 0 Å². The summed E-state index contributed by atoms with van der Waals surface area (Å²) in [4.78, 5) is 5.74. The maximum atomic E-state index is 9.35. The molecular weight excluding hydrogens is 274 g/mol. The summed E-state index contributed by atoms with van der Waals surface area (Å²) in [6.45, 7) is 4.40. The Morgan fingerprint density at radius 3 is 2.75 bits per heavy atom. The predicted octanol–water partition coefficient (Wildman–Crippen LogP) is 1.92. The topological polar surface area (TPSA) is 51.3 Å². The van der Waals surface area contributed by atoms with Crippen LogP contribution in [-0.2, 0) is 0 Å². The van der Waals surface area contributed by atoms with Crippen molar-refractivity contribution in [1.82, 2.24) is 15.2 Å². The van der Waals surface area contributed by atoms with Crippen LogP contribution in [0.5, 0.6) is 0 Å². The molecule has 3 N–H and O–H groups in total. The Bertz CT molecular complexity index is 537. The summed E-state index contributed by atoms with van der Waals surface area (Å²) in [6, 6.07) is 8.98. The average Bonchev–Trinajstić information content (AvgIpc) is 2.93. The van der Waals surface area contributed by atoms with Gasteiger partial charge in [0.2, 0.25) is 0 Å². The summed E-state index contributed by atoms with van der Waals surface area (Å²) < 4.78 is 0. The van der Waals surface area contributed by atoms with E-state index in [1.807, 2.05) is 6.20 Å². The molecule has 0 radical (unpaired) electrons. The fourth-order valence-electron chi connectivity index (χ4n) is 2.95. The number of rotatable bonds is 4. The number of hydrogen-bond acceptors (Lipinski definition) is 3. The molecule has 0 unspecified atom stereocenters. The van der Waals surface area contributed by atoms with E-state index in [1.54, 1.807) is 0 Å². The maximum Gasteiger partial charge on any atom is 0.0457 e. The summed E-state index contributed by atoms with van der Waals surface area (Å²) in [6.07, 6.45) is 2.77. The Morgan fingerprint density at radius 1 is 1.20 bits per heavy atom. The molecule has 1 saturated heterocycles. The maximum absolute atomic E-state index is 9.35. The van der Waals surface area contributed by atoms with Crippen LogP contribution in [0.15, 0.2) is 30.5 Å². The highest BCUT2D eigenvalue weighted by molar-refractivity contribution is 5.85. The predicted molar refractivity (Wildman–Crippen MR) is 84.4 cm³/mol. The van der Waals surface area contributed by atoms with E-state index in [-0.39, 0.29) is 19.0 Å². The van der Waals surface area contributed by atoms with Gasteiger partial charge in [-0.15, -0.1) is 12.4 Å². The minimum absolute atomic E-state index is 0. The molecule has 1 atom stereocenters. The van der Waals surface area contributed by atoms with Crippen LogP contribution in [0.25, 0.3) is 10.9 Å². The van der Waals surface area contributed by atoms with Gasteiger partial charge < -0.3 is 15.4 Å². The molecule has 110 valence electrons. The lowest BCUT2D eigenvalue weighted by atomic mass is 10.0. The normalized spacial score (nSPS) is 17.9. The van der Waals surface area contributed by atoms with E-state index in [0.717, 1.165) is 32.6 Å². The molecule has 1 aromatic carbocycles. The third-order valence-electron chi connectivity index (χ3n) is 3.96. The number of nitrogens with one attached hydrogen (secondary N) is 2. The van der Waals surface area contributed by atoms with E-state index in [1.165, 1.54) is 16.5 Å². The first-order valence-electron chi connectivity index (χ1n) is 7.01. The van der Waals surface area contributed by atoms with Gasteiger partial charge in [0.1, 0.15) is 0 Å². The zero-order chi connectivity index (χ0) is 13.1. The molecule has 3 rings (SSSR count). The third-order valence-corrected chi connectivity index (χ3v) is 3.96. The van der Waals surface area contributed by atoms with Crippen LogP contribution in [0.4, 0.5) is 0 Å². The Labute approximate surface area is 125 Å². The van der Waals surface area contributed by atoms with Crippen LogP contribution in [0, 0.1) is 0 Å². The molecule has 0 saturated carbocycles. The second kappa shape index (κ2) is 7.09. The van der Waals surface area contributed by atoms with Crippen LogP contribution >= 0.6 is 12.4 Å². The van der Waals surface area contributed by atoms with Crippen molar-refractivity contribution in [3.05, 3.63) is 36.0 Å². The fraction of sp³-hybridized carbons (Fsp3) is 0.467. The average molecular weight is 296 g/mol. The zero-order valence-corrected chi connectivity index (χ0v) is 12.3. The van der Waals surface area contributed by atoms with Gasteiger partial charge >= 0.3 is 0 Å². The number of aliphatic hydroxyl groups is 1. The molecule has 0 amide bonds. The van der Waals surface area contributed by atoms with E-state index in [0.29, 0.717) is 6.04 Å². The van der Waals surface area contributed by atoms with Crippen LogP contribution in [0.1, 0.15) is 18.0 Å². The number of halogens is 1. The van der Waals surface area contributed by atoms with Gasteiger partial charge in [-0.1, -0.05) is 12.1 Å². The van der Waals surface area contributed by atoms with Crippen LogP contribution in [0.3, 0.4) is 0 Å². The summed E-state index contributed by atoms with van der Waals surface area (Å²) in [5, 5.41) is 14.0. The largest absolute Gasteiger partial charge is 0.396 e. The van der Waals surface area contributed by atoms with Crippen molar-refractivity contribution < 1.29 is 5.11 Å². The molecule has 4 nitrogen and oxygen atoms in total. The van der Waals surface area contributed by atoms with Gasteiger partial charge in [0.25, 0.3) is 0 Å². The number of H-pyrrole nitrogens is 1. The number of fused-ring (bicyclic) bond motifs is 1. The Balaban J connectivity index is 0.00000147. The van der Waals surface area contributed by atoms with E-state index in [2.05, 4.69) is 39.5 Å². The molecule has 5 heteroatoms. The van der Waals surface area contributed by atoms with Crippen LogP contribution in [0.2, 0.25) is 0 Å². The van der Waals surface area contributed by atoms with Crippen molar-refractivity contribution in [3.63, 3.8) is 0 Å². The number of aromatic amines is 1. The molecule has 0 aliphatic carbocycles. The summed E-state index contributed by atoms with van der Waals surface area (Å²) in [5.41, 5.74) is 2.47. The Kier molecular flexibility index (Phi) is 5.43. The minimum atomic E-state index is 0. The zero-order valence-electron chi connectivity index (χ0n) is 11.5. The molecule has 0 bridgehead atoms. The summed E-state index contributed by atoms with van der Waals surface area (Å²) in [5.74, 6) is 0. The van der Waals surface area contributed by atoms with Crippen molar-refractivity contribution in [2.75, 3.05) is 32.8 Å². The Morgan fingerprint density at radius 2 is 2.00 bits per heavy atom. The van der Waals surface area contributed by atoms with E-state index < -0.39 is 0 Å². The molecule has 1 aromatic heterocycles. The molecule has 2 aromatic rings. The van der Waals surface area contributed by atoms with Gasteiger partial charge in [-0.25, -0.2) is 0 Å². The molecule has 1 fully saturated rings. The van der Waals surface area contributed by atoms with E-state index in [9.17, 15) is 5.11 Å². The lowest BCUT2D eigenvalue weighted by Gasteiger charge is -2.35. The number of aromatic nitrogens is 1. The summed E-state index contributed by atoms with van der Waals surface area (Å²) >= 11 is 0. The number of benzene rings is 1. The fourth-order valence-corrected chi connectivity index (χ4v) is 2.95. The monoisotopic (exact) mass is 295 g/mol. The number of aliphatic hydroxyl groups excluding tert-OH is 1. The second-order valence-corrected chi connectivity index (χ2v) is 5.14. The van der Waals surface area contributed by atoms with Gasteiger partial charge in [0, 0.05) is 50.5 Å². The van der Waals surface area contributed by atoms with Crippen molar-refractivity contribution in [2.24, 2.45) is 0 Å².